The Balaban J connectivity index is 2.57. The fraction of sp³-hybridized carbons (Fsp3) is 0.318. The molecule has 0 aliphatic rings. The molecule has 0 aliphatic carbocycles. The van der Waals surface area contributed by atoms with Crippen molar-refractivity contribution in [1.82, 2.24) is 0 Å². The summed E-state index contributed by atoms with van der Waals surface area (Å²) in [7, 11) is 0. The first-order valence-corrected chi connectivity index (χ1v) is 8.09. The maximum Gasteiger partial charge on any atom is 0.0659 e. The molecule has 1 unspecified atom stereocenters. The highest BCUT2D eigenvalue weighted by Gasteiger charge is 2.28. The third kappa shape index (κ3) is 3.54. The van der Waals surface area contributed by atoms with Crippen molar-refractivity contribution in [3.05, 3.63) is 66.8 Å². The number of nitriles is 1. The molecule has 0 saturated carbocycles. The van der Waals surface area contributed by atoms with E-state index >= 15 is 0 Å². The van der Waals surface area contributed by atoms with Gasteiger partial charge < -0.3 is 0 Å². The van der Waals surface area contributed by atoms with Gasteiger partial charge in [0.2, 0.25) is 0 Å². The molecule has 0 aliphatic heterocycles. The van der Waals surface area contributed by atoms with Crippen LogP contribution in [0.3, 0.4) is 0 Å². The van der Waals surface area contributed by atoms with Crippen LogP contribution in [0.1, 0.15) is 44.7 Å². The van der Waals surface area contributed by atoms with Gasteiger partial charge in [-0.05, 0) is 47.1 Å². The Bertz CT molecular complexity index is 774. The van der Waals surface area contributed by atoms with E-state index < -0.39 is 0 Å². The zero-order chi connectivity index (χ0) is 17.0. The molecule has 0 aromatic heterocycles. The van der Waals surface area contributed by atoms with Crippen LogP contribution in [0.5, 0.6) is 0 Å². The number of benzene rings is 2. The summed E-state index contributed by atoms with van der Waals surface area (Å²) in [4.78, 5) is 0. The van der Waals surface area contributed by atoms with E-state index in [2.05, 4.69) is 76.4 Å². The Hall–Kier alpha value is -2.33. The molecule has 0 fully saturated rings. The third-order valence-electron chi connectivity index (χ3n) is 4.48. The van der Waals surface area contributed by atoms with Gasteiger partial charge in [0.15, 0.2) is 0 Å². The summed E-state index contributed by atoms with van der Waals surface area (Å²) in [6.45, 7) is 14.5. The fourth-order valence-corrected chi connectivity index (χ4v) is 3.40. The summed E-state index contributed by atoms with van der Waals surface area (Å²) in [5.41, 5.74) is 3.47. The molecule has 0 saturated heterocycles. The minimum Gasteiger partial charge on any atom is -0.198 e. The molecule has 0 N–H and O–H groups in total. The van der Waals surface area contributed by atoms with E-state index in [1.165, 1.54) is 21.9 Å². The maximum absolute atomic E-state index is 9.40. The van der Waals surface area contributed by atoms with Crippen molar-refractivity contribution in [2.24, 2.45) is 5.92 Å². The Labute approximate surface area is 140 Å². The molecule has 1 atom stereocenters. The minimum absolute atomic E-state index is 0.00746. The second kappa shape index (κ2) is 6.84. The van der Waals surface area contributed by atoms with E-state index in [0.29, 0.717) is 0 Å². The number of allylic oxidation sites excluding steroid dienone is 2. The van der Waals surface area contributed by atoms with Gasteiger partial charge >= 0.3 is 0 Å². The number of hydrogen-bond donors (Lipinski definition) is 0. The number of nitrogens with zero attached hydrogens (tertiary/aromatic N) is 1. The van der Waals surface area contributed by atoms with Gasteiger partial charge in [0.25, 0.3) is 0 Å². The van der Waals surface area contributed by atoms with Crippen molar-refractivity contribution >= 4 is 16.3 Å². The number of hydrogen-bond acceptors (Lipinski definition) is 1. The van der Waals surface area contributed by atoms with Gasteiger partial charge in [-0.2, -0.15) is 5.26 Å². The minimum atomic E-state index is -0.0955. The maximum atomic E-state index is 9.40. The molecule has 0 amide bonds. The number of rotatable bonds is 6. The van der Waals surface area contributed by atoms with Crippen LogP contribution in [0.25, 0.3) is 16.3 Å². The molecule has 2 aromatic rings. The largest absolute Gasteiger partial charge is 0.198 e. The SMILES string of the molecule is C=CCC(C#N)CC(C)(C)c1ccc2ccccc2c1C(=C)C. The predicted molar refractivity (Wildman–Crippen MR) is 100 cm³/mol. The van der Waals surface area contributed by atoms with Gasteiger partial charge in [0.1, 0.15) is 0 Å². The quantitative estimate of drug-likeness (QED) is 0.578. The second-order valence-electron chi connectivity index (χ2n) is 6.93. The van der Waals surface area contributed by atoms with Crippen LogP contribution < -0.4 is 0 Å². The lowest BCUT2D eigenvalue weighted by molar-refractivity contribution is 0.413. The first-order valence-electron chi connectivity index (χ1n) is 8.09. The monoisotopic (exact) mass is 303 g/mol. The third-order valence-corrected chi connectivity index (χ3v) is 4.48. The van der Waals surface area contributed by atoms with Gasteiger partial charge in [-0.25, -0.2) is 0 Å². The lowest BCUT2D eigenvalue weighted by Gasteiger charge is -2.30. The highest BCUT2D eigenvalue weighted by atomic mass is 14.3. The van der Waals surface area contributed by atoms with Crippen molar-refractivity contribution in [1.29, 1.82) is 5.26 Å². The van der Waals surface area contributed by atoms with Crippen LogP contribution in [-0.4, -0.2) is 0 Å². The van der Waals surface area contributed by atoms with E-state index in [0.717, 1.165) is 18.4 Å². The lowest BCUT2D eigenvalue weighted by atomic mass is 9.73. The summed E-state index contributed by atoms with van der Waals surface area (Å²) in [5, 5.41) is 11.9. The summed E-state index contributed by atoms with van der Waals surface area (Å²) in [6.07, 6.45) is 3.38. The average Bonchev–Trinajstić information content (AvgIpc) is 2.52. The molecule has 0 radical (unpaired) electrons. The van der Waals surface area contributed by atoms with Crippen molar-refractivity contribution in [2.45, 2.75) is 39.0 Å². The van der Waals surface area contributed by atoms with E-state index in [4.69, 9.17) is 0 Å². The van der Waals surface area contributed by atoms with Gasteiger partial charge in [0.05, 0.1) is 12.0 Å². The molecular formula is C22H25N. The standard InChI is InChI=1S/C22H25N/c1-6-9-17(15-23)14-22(4,5)20-13-12-18-10-7-8-11-19(18)21(20)16(2)3/h6-8,10-13,17H,1-2,9,14H2,3-5H3. The Morgan fingerprint density at radius 2 is 1.96 bits per heavy atom. The predicted octanol–water partition coefficient (Wildman–Crippen LogP) is 6.26. The van der Waals surface area contributed by atoms with Gasteiger partial charge in [0, 0.05) is 0 Å². The topological polar surface area (TPSA) is 23.8 Å². The Morgan fingerprint density at radius 1 is 1.26 bits per heavy atom. The molecule has 0 bridgehead atoms. The highest BCUT2D eigenvalue weighted by molar-refractivity contribution is 5.94. The fourth-order valence-electron chi connectivity index (χ4n) is 3.40. The molecule has 0 heterocycles. The van der Waals surface area contributed by atoms with E-state index in [1.807, 2.05) is 6.08 Å². The normalized spacial score (nSPS) is 12.6. The first-order chi connectivity index (χ1) is 10.9. The van der Waals surface area contributed by atoms with Crippen LogP contribution in [0, 0.1) is 17.2 Å². The van der Waals surface area contributed by atoms with E-state index in [-0.39, 0.29) is 11.3 Å². The van der Waals surface area contributed by atoms with Gasteiger partial charge in [-0.3, -0.25) is 0 Å². The lowest BCUT2D eigenvalue weighted by Crippen LogP contribution is -2.23. The summed E-state index contributed by atoms with van der Waals surface area (Å²) < 4.78 is 0. The van der Waals surface area contributed by atoms with Gasteiger partial charge in [-0.1, -0.05) is 68.5 Å². The summed E-state index contributed by atoms with van der Waals surface area (Å²) >= 11 is 0. The Morgan fingerprint density at radius 3 is 2.57 bits per heavy atom. The van der Waals surface area contributed by atoms with Crippen LogP contribution in [0.4, 0.5) is 0 Å². The van der Waals surface area contributed by atoms with Gasteiger partial charge in [-0.15, -0.1) is 6.58 Å². The zero-order valence-corrected chi connectivity index (χ0v) is 14.4. The summed E-state index contributed by atoms with van der Waals surface area (Å²) in [5.74, 6) is -0.00746. The second-order valence-corrected chi connectivity index (χ2v) is 6.93. The first kappa shape index (κ1) is 17.0. The molecule has 0 spiro atoms. The van der Waals surface area contributed by atoms with Crippen LogP contribution in [0.2, 0.25) is 0 Å². The average molecular weight is 303 g/mol. The van der Waals surface area contributed by atoms with E-state index in [9.17, 15) is 5.26 Å². The van der Waals surface area contributed by atoms with Crippen molar-refractivity contribution < 1.29 is 0 Å². The number of fused-ring (bicyclic) bond motifs is 1. The molecule has 2 rings (SSSR count). The summed E-state index contributed by atoms with van der Waals surface area (Å²) in [6, 6.07) is 15.2. The molecule has 23 heavy (non-hydrogen) atoms. The Kier molecular flexibility index (Phi) is 5.06. The molecule has 118 valence electrons. The van der Waals surface area contributed by atoms with Crippen LogP contribution in [-0.2, 0) is 5.41 Å². The van der Waals surface area contributed by atoms with Crippen molar-refractivity contribution in [3.63, 3.8) is 0 Å². The molecule has 1 heteroatoms. The zero-order valence-electron chi connectivity index (χ0n) is 14.4. The van der Waals surface area contributed by atoms with Crippen molar-refractivity contribution in [2.75, 3.05) is 0 Å². The van der Waals surface area contributed by atoms with E-state index in [1.54, 1.807) is 0 Å². The van der Waals surface area contributed by atoms with Crippen LogP contribution >= 0.6 is 0 Å². The molecule has 2 aromatic carbocycles. The highest BCUT2D eigenvalue weighted by Crippen LogP contribution is 2.39. The molecule has 1 nitrogen and oxygen atoms in total. The smallest absolute Gasteiger partial charge is 0.0659 e. The van der Waals surface area contributed by atoms with Crippen LogP contribution in [0.15, 0.2) is 55.6 Å². The molecular weight excluding hydrogens is 278 g/mol. The van der Waals surface area contributed by atoms with Crippen molar-refractivity contribution in [3.8, 4) is 6.07 Å².